The van der Waals surface area contributed by atoms with Gasteiger partial charge in [-0.05, 0) is 43.2 Å². The third-order valence-electron chi connectivity index (χ3n) is 3.27. The van der Waals surface area contributed by atoms with Crippen LogP contribution in [0.15, 0.2) is 24.3 Å². The molecule has 0 spiro atoms. The van der Waals surface area contributed by atoms with Gasteiger partial charge in [-0.25, -0.2) is 0 Å². The van der Waals surface area contributed by atoms with Crippen LogP contribution >= 0.6 is 0 Å². The number of ether oxygens (including phenoxy) is 1. The third kappa shape index (κ3) is 3.57. The molecule has 1 atom stereocenters. The Balaban J connectivity index is 1.89. The standard InChI is InChI=1S/C15H20O3/c1-2-18-15(17)9-8-14(16)13-5-3-4-12(10-13)11-6-7-11/h3-5,10-11,14,16H,2,6-9H2,1H3. The molecular weight excluding hydrogens is 228 g/mol. The van der Waals surface area contributed by atoms with Gasteiger partial charge in [0.25, 0.3) is 0 Å². The van der Waals surface area contributed by atoms with Gasteiger partial charge in [-0.3, -0.25) is 4.79 Å². The summed E-state index contributed by atoms with van der Waals surface area (Å²) in [5.74, 6) is 0.442. The quantitative estimate of drug-likeness (QED) is 0.787. The molecule has 1 N–H and O–H groups in total. The first kappa shape index (κ1) is 13.1. The molecule has 1 aliphatic carbocycles. The van der Waals surface area contributed by atoms with Crippen LogP contribution in [0.2, 0.25) is 0 Å². The van der Waals surface area contributed by atoms with Crippen molar-refractivity contribution >= 4 is 5.97 Å². The van der Waals surface area contributed by atoms with Crippen LogP contribution in [0, 0.1) is 0 Å². The smallest absolute Gasteiger partial charge is 0.305 e. The van der Waals surface area contributed by atoms with Crippen molar-refractivity contribution in [1.29, 1.82) is 0 Å². The van der Waals surface area contributed by atoms with Crippen molar-refractivity contribution < 1.29 is 14.6 Å². The van der Waals surface area contributed by atoms with Crippen LogP contribution < -0.4 is 0 Å². The average Bonchev–Trinajstić information content (AvgIpc) is 3.21. The van der Waals surface area contributed by atoms with Crippen LogP contribution in [0.25, 0.3) is 0 Å². The van der Waals surface area contributed by atoms with E-state index in [1.807, 2.05) is 12.1 Å². The van der Waals surface area contributed by atoms with Gasteiger partial charge in [0.05, 0.1) is 12.7 Å². The van der Waals surface area contributed by atoms with Crippen LogP contribution in [-0.2, 0) is 9.53 Å². The maximum Gasteiger partial charge on any atom is 0.305 e. The number of aliphatic hydroxyl groups is 1. The zero-order chi connectivity index (χ0) is 13.0. The zero-order valence-electron chi connectivity index (χ0n) is 10.8. The fraction of sp³-hybridized carbons (Fsp3) is 0.533. The Kier molecular flexibility index (Phi) is 4.37. The molecule has 1 aromatic carbocycles. The predicted octanol–water partition coefficient (Wildman–Crippen LogP) is 2.94. The number of esters is 1. The molecule has 0 radical (unpaired) electrons. The molecule has 0 aromatic heterocycles. The van der Waals surface area contributed by atoms with Crippen LogP contribution in [0.3, 0.4) is 0 Å². The lowest BCUT2D eigenvalue weighted by molar-refractivity contribution is -0.143. The second kappa shape index (κ2) is 6.01. The summed E-state index contributed by atoms with van der Waals surface area (Å²) < 4.78 is 4.85. The molecule has 1 aliphatic rings. The first-order chi connectivity index (χ1) is 8.70. The van der Waals surface area contributed by atoms with Crippen molar-refractivity contribution in [3.63, 3.8) is 0 Å². The Morgan fingerprint density at radius 2 is 2.28 bits per heavy atom. The number of hydrogen-bond acceptors (Lipinski definition) is 3. The minimum atomic E-state index is -0.576. The second-order valence-electron chi connectivity index (χ2n) is 4.80. The highest BCUT2D eigenvalue weighted by Crippen LogP contribution is 2.40. The Bertz CT molecular complexity index is 410. The Morgan fingerprint density at radius 3 is 2.94 bits per heavy atom. The highest BCUT2D eigenvalue weighted by molar-refractivity contribution is 5.69. The van der Waals surface area contributed by atoms with Gasteiger partial charge in [-0.2, -0.15) is 0 Å². The molecule has 0 saturated heterocycles. The predicted molar refractivity (Wildman–Crippen MR) is 69.2 cm³/mol. The monoisotopic (exact) mass is 248 g/mol. The Hall–Kier alpha value is -1.35. The fourth-order valence-electron chi connectivity index (χ4n) is 2.09. The Labute approximate surface area is 108 Å². The van der Waals surface area contributed by atoms with Crippen LogP contribution in [0.1, 0.15) is 55.8 Å². The second-order valence-corrected chi connectivity index (χ2v) is 4.80. The molecule has 0 aliphatic heterocycles. The lowest BCUT2D eigenvalue weighted by atomic mass is 10.0. The molecule has 1 unspecified atom stereocenters. The summed E-state index contributed by atoms with van der Waals surface area (Å²) in [6.07, 6.45) is 2.62. The highest BCUT2D eigenvalue weighted by Gasteiger charge is 2.24. The largest absolute Gasteiger partial charge is 0.466 e. The van der Waals surface area contributed by atoms with Gasteiger partial charge in [0.15, 0.2) is 0 Å². The summed E-state index contributed by atoms with van der Waals surface area (Å²) in [5, 5.41) is 10.1. The van der Waals surface area contributed by atoms with E-state index < -0.39 is 6.10 Å². The van der Waals surface area contributed by atoms with Crippen molar-refractivity contribution in [2.45, 2.75) is 44.6 Å². The van der Waals surface area contributed by atoms with Gasteiger partial charge in [-0.15, -0.1) is 0 Å². The van der Waals surface area contributed by atoms with E-state index in [1.165, 1.54) is 18.4 Å². The lowest BCUT2D eigenvalue weighted by Gasteiger charge is -2.11. The number of benzene rings is 1. The van der Waals surface area contributed by atoms with Crippen molar-refractivity contribution in [2.75, 3.05) is 6.61 Å². The van der Waals surface area contributed by atoms with E-state index in [9.17, 15) is 9.90 Å². The summed E-state index contributed by atoms with van der Waals surface area (Å²) in [7, 11) is 0. The molecule has 1 aromatic rings. The van der Waals surface area contributed by atoms with Crippen LogP contribution in [0.5, 0.6) is 0 Å². The van der Waals surface area contributed by atoms with Crippen molar-refractivity contribution in [3.05, 3.63) is 35.4 Å². The van der Waals surface area contributed by atoms with Crippen LogP contribution in [-0.4, -0.2) is 17.7 Å². The molecule has 18 heavy (non-hydrogen) atoms. The molecular formula is C15H20O3. The minimum absolute atomic E-state index is 0.241. The number of rotatable bonds is 6. The van der Waals surface area contributed by atoms with Gasteiger partial charge in [-0.1, -0.05) is 24.3 Å². The number of hydrogen-bond donors (Lipinski definition) is 1. The summed E-state index contributed by atoms with van der Waals surface area (Å²) in [5.41, 5.74) is 2.21. The van der Waals surface area contributed by atoms with Crippen molar-refractivity contribution in [3.8, 4) is 0 Å². The van der Waals surface area contributed by atoms with E-state index >= 15 is 0 Å². The molecule has 0 heterocycles. The van der Waals surface area contributed by atoms with Gasteiger partial charge in [0.2, 0.25) is 0 Å². The minimum Gasteiger partial charge on any atom is -0.466 e. The molecule has 3 nitrogen and oxygen atoms in total. The SMILES string of the molecule is CCOC(=O)CCC(O)c1cccc(C2CC2)c1. The number of aliphatic hydroxyl groups excluding tert-OH is 1. The first-order valence-corrected chi connectivity index (χ1v) is 6.64. The van der Waals surface area contributed by atoms with E-state index in [-0.39, 0.29) is 12.4 Å². The average molecular weight is 248 g/mol. The van der Waals surface area contributed by atoms with E-state index in [4.69, 9.17) is 4.74 Å². The molecule has 1 fully saturated rings. The maximum absolute atomic E-state index is 11.2. The maximum atomic E-state index is 11.2. The highest BCUT2D eigenvalue weighted by atomic mass is 16.5. The van der Waals surface area contributed by atoms with Gasteiger partial charge < -0.3 is 9.84 Å². The van der Waals surface area contributed by atoms with E-state index in [1.54, 1.807) is 6.92 Å². The number of carbonyl (C=O) groups is 1. The van der Waals surface area contributed by atoms with Crippen molar-refractivity contribution in [2.24, 2.45) is 0 Å². The van der Waals surface area contributed by atoms with Gasteiger partial charge in [0, 0.05) is 6.42 Å². The Morgan fingerprint density at radius 1 is 1.50 bits per heavy atom. The van der Waals surface area contributed by atoms with Gasteiger partial charge >= 0.3 is 5.97 Å². The summed E-state index contributed by atoms with van der Waals surface area (Å²) in [6.45, 7) is 2.18. The van der Waals surface area contributed by atoms with Crippen molar-refractivity contribution in [1.82, 2.24) is 0 Å². The first-order valence-electron chi connectivity index (χ1n) is 6.64. The topological polar surface area (TPSA) is 46.5 Å². The fourth-order valence-corrected chi connectivity index (χ4v) is 2.09. The number of carbonyl (C=O) groups excluding carboxylic acids is 1. The van der Waals surface area contributed by atoms with E-state index in [0.29, 0.717) is 18.9 Å². The molecule has 98 valence electrons. The third-order valence-corrected chi connectivity index (χ3v) is 3.27. The lowest BCUT2D eigenvalue weighted by Crippen LogP contribution is -2.07. The molecule has 2 rings (SSSR count). The summed E-state index contributed by atoms with van der Waals surface area (Å²) >= 11 is 0. The van der Waals surface area contributed by atoms with Gasteiger partial charge in [0.1, 0.15) is 0 Å². The van der Waals surface area contributed by atoms with Crippen LogP contribution in [0.4, 0.5) is 0 Å². The normalized spacial score (nSPS) is 16.3. The van der Waals surface area contributed by atoms with E-state index in [2.05, 4.69) is 12.1 Å². The summed E-state index contributed by atoms with van der Waals surface area (Å²) in [6, 6.07) is 8.07. The van der Waals surface area contributed by atoms with E-state index in [0.717, 1.165) is 5.56 Å². The zero-order valence-corrected chi connectivity index (χ0v) is 10.8. The molecule has 0 bridgehead atoms. The molecule has 0 amide bonds. The molecule has 1 saturated carbocycles. The summed E-state index contributed by atoms with van der Waals surface area (Å²) in [4.78, 5) is 11.2. The molecule has 3 heteroatoms.